The number of hydrogen-bond donors (Lipinski definition) is 2. The molecule has 0 aromatic heterocycles. The summed E-state index contributed by atoms with van der Waals surface area (Å²) in [7, 11) is 0. The average Bonchev–Trinajstić information content (AvgIpc) is 3.10. The minimum absolute atomic E-state index is 0.0401. The second-order valence-electron chi connectivity index (χ2n) is 7.65. The Balaban J connectivity index is 1.91. The second kappa shape index (κ2) is 9.73. The molecule has 0 aromatic rings. The molecular weight excluding hydrogens is 328 g/mol. The summed E-state index contributed by atoms with van der Waals surface area (Å²) in [5.74, 6) is 5.88. The third-order valence-corrected chi connectivity index (χ3v) is 5.69. The third-order valence-electron chi connectivity index (χ3n) is 5.69. The van der Waals surface area contributed by atoms with Gasteiger partial charge in [-0.15, -0.1) is 11.8 Å². The van der Waals surface area contributed by atoms with Crippen molar-refractivity contribution in [2.24, 2.45) is 23.7 Å². The van der Waals surface area contributed by atoms with Crippen LogP contribution in [0.25, 0.3) is 0 Å². The fourth-order valence-corrected chi connectivity index (χ4v) is 4.23. The number of rotatable bonds is 8. The van der Waals surface area contributed by atoms with Gasteiger partial charge in [-0.3, -0.25) is 9.59 Å². The van der Waals surface area contributed by atoms with E-state index in [1.165, 1.54) is 5.57 Å². The fraction of sp³-hybridized carbons (Fsp3) is 0.636. The van der Waals surface area contributed by atoms with Crippen LogP contribution in [0.1, 0.15) is 58.8 Å². The topological polar surface area (TPSA) is 74.6 Å². The van der Waals surface area contributed by atoms with E-state index in [0.717, 1.165) is 25.7 Å². The van der Waals surface area contributed by atoms with Crippen molar-refractivity contribution in [2.75, 3.05) is 0 Å². The number of aliphatic hydroxyl groups is 1. The van der Waals surface area contributed by atoms with Crippen molar-refractivity contribution < 1.29 is 19.8 Å². The van der Waals surface area contributed by atoms with Crippen molar-refractivity contribution in [3.05, 3.63) is 23.8 Å². The summed E-state index contributed by atoms with van der Waals surface area (Å²) in [6, 6.07) is 0. The molecule has 0 amide bonds. The van der Waals surface area contributed by atoms with Crippen LogP contribution < -0.4 is 0 Å². The maximum Gasteiger partial charge on any atom is 0.303 e. The Morgan fingerprint density at radius 2 is 2.12 bits per heavy atom. The van der Waals surface area contributed by atoms with E-state index in [1.807, 2.05) is 13.0 Å². The molecule has 0 aromatic carbocycles. The van der Waals surface area contributed by atoms with Gasteiger partial charge in [0.2, 0.25) is 0 Å². The van der Waals surface area contributed by atoms with Gasteiger partial charge >= 0.3 is 5.97 Å². The Kier molecular flexibility index (Phi) is 7.66. The third kappa shape index (κ3) is 5.57. The predicted molar refractivity (Wildman–Crippen MR) is 101 cm³/mol. The molecule has 2 aliphatic rings. The zero-order valence-corrected chi connectivity index (χ0v) is 15.8. The zero-order valence-electron chi connectivity index (χ0n) is 15.8. The van der Waals surface area contributed by atoms with Crippen molar-refractivity contribution in [3.63, 3.8) is 0 Å². The molecule has 0 heterocycles. The number of carboxylic acid groups (broad SMARTS) is 1. The lowest BCUT2D eigenvalue weighted by Crippen LogP contribution is -2.17. The molecule has 0 unspecified atom stereocenters. The summed E-state index contributed by atoms with van der Waals surface area (Å²) in [6.45, 7) is 3.66. The SMILES string of the molecule is CC#CC[C@@H](C)C(=O)/C=C/[C@@H]1[C@H]2C/C(=C/CCCC(=O)O)C[C@@H]2C[C@H]1O. The molecule has 142 valence electrons. The molecular formula is C22H30O4. The number of aliphatic hydroxyl groups excluding tert-OH is 1. The van der Waals surface area contributed by atoms with Crippen molar-refractivity contribution in [1.82, 2.24) is 0 Å². The molecule has 0 radical (unpaired) electrons. The van der Waals surface area contributed by atoms with Crippen LogP contribution in [0.3, 0.4) is 0 Å². The summed E-state index contributed by atoms with van der Waals surface area (Å²) < 4.78 is 0. The van der Waals surface area contributed by atoms with Gasteiger partial charge in [-0.2, -0.15) is 0 Å². The van der Waals surface area contributed by atoms with Gasteiger partial charge in [-0.25, -0.2) is 0 Å². The number of carboxylic acids is 1. The lowest BCUT2D eigenvalue weighted by Gasteiger charge is -2.17. The smallest absolute Gasteiger partial charge is 0.303 e. The number of carbonyl (C=O) groups excluding carboxylic acids is 1. The molecule has 0 spiro atoms. The minimum Gasteiger partial charge on any atom is -0.481 e. The summed E-state index contributed by atoms with van der Waals surface area (Å²) in [5.41, 5.74) is 1.38. The van der Waals surface area contributed by atoms with E-state index in [-0.39, 0.29) is 30.1 Å². The minimum atomic E-state index is -0.746. The molecule has 4 heteroatoms. The highest BCUT2D eigenvalue weighted by Gasteiger charge is 2.44. The molecule has 5 atom stereocenters. The number of aliphatic carboxylic acids is 1. The van der Waals surface area contributed by atoms with Crippen LogP contribution in [0.4, 0.5) is 0 Å². The first-order chi connectivity index (χ1) is 12.4. The van der Waals surface area contributed by atoms with Crippen molar-refractivity contribution in [2.45, 2.75) is 64.9 Å². The number of fused-ring (bicyclic) bond motifs is 1. The summed E-state index contributed by atoms with van der Waals surface area (Å²) in [6.07, 6.45) is 10.4. The summed E-state index contributed by atoms with van der Waals surface area (Å²) in [5, 5.41) is 19.1. The van der Waals surface area contributed by atoms with Crippen LogP contribution >= 0.6 is 0 Å². The Hall–Kier alpha value is -1.86. The highest BCUT2D eigenvalue weighted by molar-refractivity contribution is 5.91. The largest absolute Gasteiger partial charge is 0.481 e. The normalized spacial score (nSPS) is 30.2. The number of hydrogen-bond acceptors (Lipinski definition) is 3. The van der Waals surface area contributed by atoms with E-state index in [2.05, 4.69) is 17.9 Å². The maximum absolute atomic E-state index is 12.2. The monoisotopic (exact) mass is 358 g/mol. The quantitative estimate of drug-likeness (QED) is 0.300. The fourth-order valence-electron chi connectivity index (χ4n) is 4.23. The molecule has 0 bridgehead atoms. The molecule has 2 N–H and O–H groups in total. The van der Waals surface area contributed by atoms with Gasteiger partial charge < -0.3 is 10.2 Å². The van der Waals surface area contributed by atoms with Crippen LogP contribution in [-0.2, 0) is 9.59 Å². The van der Waals surface area contributed by atoms with Gasteiger partial charge in [0.15, 0.2) is 5.78 Å². The van der Waals surface area contributed by atoms with Gasteiger partial charge in [0, 0.05) is 24.7 Å². The van der Waals surface area contributed by atoms with Crippen molar-refractivity contribution in [1.29, 1.82) is 0 Å². The Morgan fingerprint density at radius 1 is 1.35 bits per heavy atom. The van der Waals surface area contributed by atoms with E-state index in [4.69, 9.17) is 5.11 Å². The first-order valence-corrected chi connectivity index (χ1v) is 9.61. The maximum atomic E-state index is 12.2. The summed E-state index contributed by atoms with van der Waals surface area (Å²) in [4.78, 5) is 22.8. The molecule has 26 heavy (non-hydrogen) atoms. The lowest BCUT2D eigenvalue weighted by atomic mass is 9.89. The molecule has 2 fully saturated rings. The second-order valence-corrected chi connectivity index (χ2v) is 7.65. The standard InChI is InChI=1S/C22H30O4/c1-3-4-7-15(2)20(23)11-10-18-19-13-16(8-5-6-9-22(25)26)12-17(19)14-21(18)24/h8,10-11,15,17-19,21,24H,5-7,9,12-14H2,1-2H3,(H,25,26)/b11-10+,16-8+/t15-,17-,18-,19+,21-/m1/s1. The van der Waals surface area contributed by atoms with E-state index < -0.39 is 5.97 Å². The number of carbonyl (C=O) groups is 2. The zero-order chi connectivity index (χ0) is 19.1. The van der Waals surface area contributed by atoms with Gasteiger partial charge in [0.05, 0.1) is 6.10 Å². The molecule has 0 saturated heterocycles. The van der Waals surface area contributed by atoms with E-state index in [1.54, 1.807) is 13.0 Å². The van der Waals surface area contributed by atoms with Gasteiger partial charge in [-0.1, -0.05) is 24.6 Å². The molecule has 2 rings (SSSR count). The number of unbranched alkanes of at least 4 members (excludes halogenated alkanes) is 1. The predicted octanol–water partition coefficient (Wildman–Crippen LogP) is 3.75. The van der Waals surface area contributed by atoms with E-state index in [0.29, 0.717) is 24.7 Å². The summed E-state index contributed by atoms with van der Waals surface area (Å²) >= 11 is 0. The average molecular weight is 358 g/mol. The number of ketones is 1. The Morgan fingerprint density at radius 3 is 2.81 bits per heavy atom. The highest BCUT2D eigenvalue weighted by atomic mass is 16.4. The van der Waals surface area contributed by atoms with E-state index in [9.17, 15) is 14.7 Å². The highest BCUT2D eigenvalue weighted by Crippen LogP contribution is 2.50. The van der Waals surface area contributed by atoms with Gasteiger partial charge in [0.25, 0.3) is 0 Å². The molecule has 2 aliphatic carbocycles. The Bertz CT molecular complexity index is 634. The first kappa shape index (κ1) is 20.5. The van der Waals surface area contributed by atoms with Crippen molar-refractivity contribution >= 4 is 11.8 Å². The van der Waals surface area contributed by atoms with Gasteiger partial charge in [0.1, 0.15) is 0 Å². The molecule has 0 aliphatic heterocycles. The van der Waals surface area contributed by atoms with Crippen LogP contribution in [0, 0.1) is 35.5 Å². The van der Waals surface area contributed by atoms with Crippen molar-refractivity contribution in [3.8, 4) is 11.8 Å². The molecule has 4 nitrogen and oxygen atoms in total. The van der Waals surface area contributed by atoms with Crippen LogP contribution in [-0.4, -0.2) is 28.1 Å². The van der Waals surface area contributed by atoms with Crippen LogP contribution in [0.2, 0.25) is 0 Å². The lowest BCUT2D eigenvalue weighted by molar-refractivity contribution is -0.137. The van der Waals surface area contributed by atoms with Crippen LogP contribution in [0.5, 0.6) is 0 Å². The molecule has 2 saturated carbocycles. The van der Waals surface area contributed by atoms with E-state index >= 15 is 0 Å². The van der Waals surface area contributed by atoms with Gasteiger partial charge in [-0.05, 0) is 56.9 Å². The Labute approximate surface area is 156 Å². The first-order valence-electron chi connectivity index (χ1n) is 9.61. The van der Waals surface area contributed by atoms with Crippen LogP contribution in [0.15, 0.2) is 23.8 Å². The number of allylic oxidation sites excluding steroid dienone is 3.